The first-order valence-corrected chi connectivity index (χ1v) is 7.24. The number of thioether (sulfide) groups is 1. The average molecular weight is 286 g/mol. The van der Waals surface area contributed by atoms with E-state index in [2.05, 4.69) is 45.5 Å². The quantitative estimate of drug-likeness (QED) is 0.632. The van der Waals surface area contributed by atoms with E-state index in [4.69, 9.17) is 0 Å². The van der Waals surface area contributed by atoms with Gasteiger partial charge < -0.3 is 5.32 Å². The molecule has 1 aromatic rings. The maximum absolute atomic E-state index is 3.53. The van der Waals surface area contributed by atoms with Gasteiger partial charge in [-0.15, -0.1) is 11.8 Å². The number of benzene rings is 1. The van der Waals surface area contributed by atoms with Gasteiger partial charge in [-0.05, 0) is 49.8 Å². The molecular weight excluding hydrogens is 270 g/mol. The summed E-state index contributed by atoms with van der Waals surface area (Å²) in [5.41, 5.74) is 0. The van der Waals surface area contributed by atoms with Gasteiger partial charge in [-0.25, -0.2) is 0 Å². The molecule has 0 spiro atoms. The van der Waals surface area contributed by atoms with Crippen molar-refractivity contribution in [2.24, 2.45) is 0 Å². The van der Waals surface area contributed by atoms with Crippen LogP contribution < -0.4 is 5.32 Å². The fourth-order valence-corrected chi connectivity index (χ4v) is 2.87. The van der Waals surface area contributed by atoms with Crippen molar-refractivity contribution in [2.45, 2.75) is 30.2 Å². The molecule has 1 saturated carbocycles. The van der Waals surface area contributed by atoms with Gasteiger partial charge in [0.15, 0.2) is 0 Å². The summed E-state index contributed by atoms with van der Waals surface area (Å²) in [5, 5.41) is 3.53. The largest absolute Gasteiger partial charge is 0.314 e. The van der Waals surface area contributed by atoms with Gasteiger partial charge in [0.1, 0.15) is 0 Å². The van der Waals surface area contributed by atoms with E-state index in [0.29, 0.717) is 0 Å². The first kappa shape index (κ1) is 11.5. The van der Waals surface area contributed by atoms with Crippen molar-refractivity contribution in [3.05, 3.63) is 28.7 Å². The van der Waals surface area contributed by atoms with Crippen LogP contribution in [0.1, 0.15) is 19.3 Å². The molecule has 1 aliphatic rings. The summed E-state index contributed by atoms with van der Waals surface area (Å²) in [6.07, 6.45) is 4.03. The topological polar surface area (TPSA) is 12.0 Å². The van der Waals surface area contributed by atoms with Crippen LogP contribution in [0.5, 0.6) is 0 Å². The van der Waals surface area contributed by atoms with Crippen molar-refractivity contribution in [3.8, 4) is 0 Å². The molecule has 0 aromatic heterocycles. The standard InChI is InChI=1S/C12H16BrNS/c13-10-3-1-4-12(9-10)15-8-2-7-14-11-5-6-11/h1,3-4,9,11,14H,2,5-8H2. The molecule has 0 heterocycles. The maximum atomic E-state index is 3.53. The summed E-state index contributed by atoms with van der Waals surface area (Å²) < 4.78 is 1.17. The normalized spacial score (nSPS) is 15.5. The third-order valence-corrected chi connectivity index (χ3v) is 3.97. The Morgan fingerprint density at radius 2 is 2.27 bits per heavy atom. The van der Waals surface area contributed by atoms with E-state index in [1.54, 1.807) is 0 Å². The maximum Gasteiger partial charge on any atom is 0.0186 e. The van der Waals surface area contributed by atoms with Crippen molar-refractivity contribution in [1.29, 1.82) is 0 Å². The van der Waals surface area contributed by atoms with Crippen LogP contribution in [0.4, 0.5) is 0 Å². The Morgan fingerprint density at radius 3 is 3.00 bits per heavy atom. The van der Waals surface area contributed by atoms with Gasteiger partial charge in [0.2, 0.25) is 0 Å². The minimum absolute atomic E-state index is 0.848. The molecule has 1 N–H and O–H groups in total. The van der Waals surface area contributed by atoms with E-state index in [1.807, 2.05) is 11.8 Å². The summed E-state index contributed by atoms with van der Waals surface area (Å²) in [6, 6.07) is 9.36. The van der Waals surface area contributed by atoms with Crippen LogP contribution in [0.25, 0.3) is 0 Å². The number of hydrogen-bond donors (Lipinski definition) is 1. The lowest BCUT2D eigenvalue weighted by molar-refractivity contribution is 0.674. The van der Waals surface area contributed by atoms with E-state index in [1.165, 1.54) is 40.9 Å². The molecule has 0 aliphatic heterocycles. The minimum atomic E-state index is 0.848. The molecule has 0 amide bonds. The second kappa shape index (κ2) is 5.92. The van der Waals surface area contributed by atoms with Gasteiger partial charge in [-0.3, -0.25) is 0 Å². The highest BCUT2D eigenvalue weighted by Crippen LogP contribution is 2.22. The number of nitrogens with one attached hydrogen (secondary N) is 1. The van der Waals surface area contributed by atoms with Crippen molar-refractivity contribution < 1.29 is 0 Å². The highest BCUT2D eigenvalue weighted by Gasteiger charge is 2.19. The van der Waals surface area contributed by atoms with Crippen molar-refractivity contribution in [2.75, 3.05) is 12.3 Å². The zero-order valence-electron chi connectivity index (χ0n) is 8.71. The van der Waals surface area contributed by atoms with Gasteiger partial charge in [-0.2, -0.15) is 0 Å². The van der Waals surface area contributed by atoms with Crippen molar-refractivity contribution in [3.63, 3.8) is 0 Å². The van der Waals surface area contributed by atoms with Crippen LogP contribution in [0.15, 0.2) is 33.6 Å². The smallest absolute Gasteiger partial charge is 0.0186 e. The second-order valence-corrected chi connectivity index (χ2v) is 5.97. The minimum Gasteiger partial charge on any atom is -0.314 e. The molecule has 1 nitrogen and oxygen atoms in total. The lowest BCUT2D eigenvalue weighted by Gasteiger charge is -2.03. The molecule has 0 saturated heterocycles. The fraction of sp³-hybridized carbons (Fsp3) is 0.500. The Balaban J connectivity index is 1.60. The molecule has 0 unspecified atom stereocenters. The molecular formula is C12H16BrNS. The summed E-state index contributed by atoms with van der Waals surface area (Å²) >= 11 is 5.42. The number of halogens is 1. The van der Waals surface area contributed by atoms with Crippen LogP contribution in [0, 0.1) is 0 Å². The van der Waals surface area contributed by atoms with Crippen molar-refractivity contribution >= 4 is 27.7 Å². The molecule has 82 valence electrons. The first-order chi connectivity index (χ1) is 7.34. The monoisotopic (exact) mass is 285 g/mol. The van der Waals surface area contributed by atoms with Crippen LogP contribution in [0.2, 0.25) is 0 Å². The highest BCUT2D eigenvalue weighted by molar-refractivity contribution is 9.10. The van der Waals surface area contributed by atoms with Crippen molar-refractivity contribution in [1.82, 2.24) is 5.32 Å². The molecule has 0 bridgehead atoms. The lowest BCUT2D eigenvalue weighted by Crippen LogP contribution is -2.17. The predicted molar refractivity (Wildman–Crippen MR) is 70.5 cm³/mol. The second-order valence-electron chi connectivity index (χ2n) is 3.89. The fourth-order valence-electron chi connectivity index (χ4n) is 1.41. The van der Waals surface area contributed by atoms with E-state index in [0.717, 1.165) is 6.04 Å². The highest BCUT2D eigenvalue weighted by atomic mass is 79.9. The summed E-state index contributed by atoms with van der Waals surface area (Å²) in [5.74, 6) is 1.20. The van der Waals surface area contributed by atoms with E-state index in [-0.39, 0.29) is 0 Å². The number of hydrogen-bond acceptors (Lipinski definition) is 2. The van der Waals surface area contributed by atoms with Gasteiger partial charge in [0.25, 0.3) is 0 Å². The third-order valence-electron chi connectivity index (χ3n) is 2.40. The Morgan fingerprint density at radius 1 is 1.40 bits per heavy atom. The zero-order valence-corrected chi connectivity index (χ0v) is 11.1. The molecule has 0 radical (unpaired) electrons. The molecule has 0 atom stereocenters. The predicted octanol–water partition coefficient (Wildman–Crippen LogP) is 3.68. The molecule has 2 rings (SSSR count). The van der Waals surface area contributed by atoms with Crippen LogP contribution in [-0.4, -0.2) is 18.3 Å². The van der Waals surface area contributed by atoms with E-state index in [9.17, 15) is 0 Å². The Labute approximate surface area is 104 Å². The lowest BCUT2D eigenvalue weighted by atomic mass is 10.4. The molecule has 1 aromatic carbocycles. The van der Waals surface area contributed by atoms with Gasteiger partial charge in [-0.1, -0.05) is 22.0 Å². The zero-order chi connectivity index (χ0) is 10.5. The molecule has 3 heteroatoms. The molecule has 15 heavy (non-hydrogen) atoms. The average Bonchev–Trinajstić information content (AvgIpc) is 3.01. The third kappa shape index (κ3) is 4.58. The molecule has 1 fully saturated rings. The van der Waals surface area contributed by atoms with Gasteiger partial charge in [0.05, 0.1) is 0 Å². The summed E-state index contributed by atoms with van der Waals surface area (Å²) in [4.78, 5) is 1.36. The summed E-state index contributed by atoms with van der Waals surface area (Å²) in [7, 11) is 0. The van der Waals surface area contributed by atoms with Crippen LogP contribution in [0.3, 0.4) is 0 Å². The van der Waals surface area contributed by atoms with Crippen LogP contribution in [-0.2, 0) is 0 Å². The van der Waals surface area contributed by atoms with Gasteiger partial charge >= 0.3 is 0 Å². The Hall–Kier alpha value is 0.01000. The molecule has 1 aliphatic carbocycles. The first-order valence-electron chi connectivity index (χ1n) is 5.46. The number of rotatable bonds is 6. The van der Waals surface area contributed by atoms with E-state index < -0.39 is 0 Å². The van der Waals surface area contributed by atoms with Gasteiger partial charge in [0, 0.05) is 15.4 Å². The Kier molecular flexibility index (Phi) is 4.54. The summed E-state index contributed by atoms with van der Waals surface area (Å²) in [6.45, 7) is 1.17. The Bertz CT molecular complexity index is 312. The van der Waals surface area contributed by atoms with E-state index >= 15 is 0 Å². The SMILES string of the molecule is Brc1cccc(SCCCNC2CC2)c1. The van der Waals surface area contributed by atoms with Crippen LogP contribution >= 0.6 is 27.7 Å².